The monoisotopic (exact) mass is 395 g/mol. The SMILES string of the molecule is CCS(=O)(=O)c1ccccc1C(=O)N[C@H](C)c1ccc(S(C)(=O)=O)cc1. The Bertz CT molecular complexity index is 1010. The standard InChI is InChI=1S/C18H21NO5S2/c1-4-26(23,24)17-8-6-5-7-16(17)18(20)19-13(2)14-9-11-15(12-10-14)25(3,21)22/h5-13H,4H2,1-3H3,(H,19,20)/t13-/m1/s1. The van der Waals surface area contributed by atoms with Gasteiger partial charge in [-0.2, -0.15) is 0 Å². The van der Waals surface area contributed by atoms with Crippen LogP contribution < -0.4 is 5.32 Å². The van der Waals surface area contributed by atoms with Gasteiger partial charge in [-0.1, -0.05) is 31.2 Å². The molecule has 0 spiro atoms. The highest BCUT2D eigenvalue weighted by Crippen LogP contribution is 2.20. The molecule has 1 amide bonds. The van der Waals surface area contributed by atoms with Crippen LogP contribution in [0.4, 0.5) is 0 Å². The van der Waals surface area contributed by atoms with E-state index in [2.05, 4.69) is 5.32 Å². The molecule has 2 rings (SSSR count). The van der Waals surface area contributed by atoms with Gasteiger partial charge in [0.05, 0.1) is 27.1 Å². The molecule has 0 fully saturated rings. The molecule has 0 radical (unpaired) electrons. The van der Waals surface area contributed by atoms with Crippen LogP contribution in [0, 0.1) is 0 Å². The summed E-state index contributed by atoms with van der Waals surface area (Å²) in [5, 5.41) is 2.75. The molecule has 26 heavy (non-hydrogen) atoms. The first kappa shape index (κ1) is 20.1. The van der Waals surface area contributed by atoms with E-state index < -0.39 is 31.6 Å². The van der Waals surface area contributed by atoms with Gasteiger partial charge in [-0.05, 0) is 36.8 Å². The fourth-order valence-corrected chi connectivity index (χ4v) is 4.17. The molecular weight excluding hydrogens is 374 g/mol. The second-order valence-corrected chi connectivity index (χ2v) is 10.2. The first-order chi connectivity index (χ1) is 12.1. The number of hydrogen-bond donors (Lipinski definition) is 1. The highest BCUT2D eigenvalue weighted by molar-refractivity contribution is 7.91. The normalized spacial score (nSPS) is 13.2. The van der Waals surface area contributed by atoms with E-state index in [4.69, 9.17) is 0 Å². The van der Waals surface area contributed by atoms with Crippen molar-refractivity contribution in [3.63, 3.8) is 0 Å². The molecule has 0 saturated heterocycles. The smallest absolute Gasteiger partial charge is 0.253 e. The molecule has 2 aromatic rings. The van der Waals surface area contributed by atoms with Crippen molar-refractivity contribution in [2.75, 3.05) is 12.0 Å². The topological polar surface area (TPSA) is 97.4 Å². The van der Waals surface area contributed by atoms with Crippen molar-refractivity contribution in [1.29, 1.82) is 0 Å². The van der Waals surface area contributed by atoms with Crippen LogP contribution in [-0.2, 0) is 19.7 Å². The number of nitrogens with one attached hydrogen (secondary N) is 1. The van der Waals surface area contributed by atoms with Crippen molar-refractivity contribution in [1.82, 2.24) is 5.32 Å². The Labute approximate surface area is 154 Å². The maximum atomic E-state index is 12.6. The number of carbonyl (C=O) groups excluding carboxylic acids is 1. The van der Waals surface area contributed by atoms with Crippen molar-refractivity contribution in [2.45, 2.75) is 29.7 Å². The molecule has 0 bridgehead atoms. The van der Waals surface area contributed by atoms with Gasteiger partial charge in [-0.15, -0.1) is 0 Å². The van der Waals surface area contributed by atoms with Crippen LogP contribution in [0.25, 0.3) is 0 Å². The van der Waals surface area contributed by atoms with Crippen LogP contribution in [0.2, 0.25) is 0 Å². The van der Waals surface area contributed by atoms with Gasteiger partial charge < -0.3 is 5.32 Å². The largest absolute Gasteiger partial charge is 0.345 e. The van der Waals surface area contributed by atoms with Gasteiger partial charge in [0.2, 0.25) is 0 Å². The predicted molar refractivity (Wildman–Crippen MR) is 99.6 cm³/mol. The summed E-state index contributed by atoms with van der Waals surface area (Å²) in [6.07, 6.45) is 1.12. The maximum absolute atomic E-state index is 12.6. The van der Waals surface area contributed by atoms with Crippen molar-refractivity contribution < 1.29 is 21.6 Å². The summed E-state index contributed by atoms with van der Waals surface area (Å²) in [5.41, 5.74) is 0.801. The molecule has 0 aliphatic carbocycles. The average Bonchev–Trinajstić information content (AvgIpc) is 2.61. The second kappa shape index (κ2) is 7.59. The van der Waals surface area contributed by atoms with E-state index in [1.807, 2.05) is 0 Å². The summed E-state index contributed by atoms with van der Waals surface area (Å²) in [6, 6.07) is 11.8. The third kappa shape index (κ3) is 4.50. The lowest BCUT2D eigenvalue weighted by atomic mass is 10.1. The first-order valence-corrected chi connectivity index (χ1v) is 11.5. The molecule has 2 aromatic carbocycles. The molecule has 0 heterocycles. The van der Waals surface area contributed by atoms with Crippen molar-refractivity contribution >= 4 is 25.6 Å². The zero-order valence-electron chi connectivity index (χ0n) is 14.8. The number of sulfone groups is 2. The Morgan fingerprint density at radius 3 is 2.12 bits per heavy atom. The molecule has 0 aliphatic heterocycles. The molecule has 0 saturated carbocycles. The van der Waals surface area contributed by atoms with Crippen LogP contribution in [0.1, 0.15) is 35.8 Å². The van der Waals surface area contributed by atoms with Gasteiger partial charge >= 0.3 is 0 Å². The minimum absolute atomic E-state index is 0.000348. The Hall–Kier alpha value is -2.19. The Kier molecular flexibility index (Phi) is 5.87. The van der Waals surface area contributed by atoms with Crippen LogP contribution in [0.5, 0.6) is 0 Å². The summed E-state index contributed by atoms with van der Waals surface area (Å²) in [4.78, 5) is 12.8. The van der Waals surface area contributed by atoms with E-state index in [0.717, 1.165) is 6.26 Å². The number of benzene rings is 2. The predicted octanol–water partition coefficient (Wildman–Crippen LogP) is 2.37. The minimum atomic E-state index is -3.52. The number of amides is 1. The van der Waals surface area contributed by atoms with E-state index in [0.29, 0.717) is 5.56 Å². The van der Waals surface area contributed by atoms with E-state index in [9.17, 15) is 21.6 Å². The van der Waals surface area contributed by atoms with Crippen LogP contribution in [0.15, 0.2) is 58.3 Å². The minimum Gasteiger partial charge on any atom is -0.345 e. The quantitative estimate of drug-likeness (QED) is 0.810. The molecule has 1 atom stereocenters. The van der Waals surface area contributed by atoms with Gasteiger partial charge in [0.1, 0.15) is 0 Å². The van der Waals surface area contributed by atoms with Crippen molar-refractivity contribution in [3.8, 4) is 0 Å². The van der Waals surface area contributed by atoms with Gasteiger partial charge in [-0.25, -0.2) is 16.8 Å². The zero-order valence-corrected chi connectivity index (χ0v) is 16.4. The molecule has 0 aliphatic rings. The number of hydrogen-bond acceptors (Lipinski definition) is 5. The van der Waals surface area contributed by atoms with Crippen LogP contribution >= 0.6 is 0 Å². The van der Waals surface area contributed by atoms with E-state index in [1.165, 1.54) is 31.2 Å². The highest BCUT2D eigenvalue weighted by atomic mass is 32.2. The van der Waals surface area contributed by atoms with E-state index in [-0.39, 0.29) is 21.1 Å². The number of carbonyl (C=O) groups is 1. The maximum Gasteiger partial charge on any atom is 0.253 e. The lowest BCUT2D eigenvalue weighted by Crippen LogP contribution is -2.28. The van der Waals surface area contributed by atoms with E-state index >= 15 is 0 Å². The Balaban J connectivity index is 2.26. The second-order valence-electron chi connectivity index (χ2n) is 5.94. The van der Waals surface area contributed by atoms with Gasteiger partial charge in [0.25, 0.3) is 5.91 Å². The summed E-state index contributed by atoms with van der Waals surface area (Å²) in [6.45, 7) is 3.26. The third-order valence-corrected chi connectivity index (χ3v) is 6.92. The molecule has 8 heteroatoms. The lowest BCUT2D eigenvalue weighted by molar-refractivity contribution is 0.0936. The molecule has 6 nitrogen and oxygen atoms in total. The van der Waals surface area contributed by atoms with Gasteiger partial charge in [-0.3, -0.25) is 4.79 Å². The molecule has 1 N–H and O–H groups in total. The summed E-state index contributed by atoms with van der Waals surface area (Å²) in [7, 11) is -6.81. The summed E-state index contributed by atoms with van der Waals surface area (Å²) >= 11 is 0. The molecule has 140 valence electrons. The van der Waals surface area contributed by atoms with E-state index in [1.54, 1.807) is 31.2 Å². The molecular formula is C18H21NO5S2. The molecule has 0 unspecified atom stereocenters. The summed E-state index contributed by atoms with van der Waals surface area (Å²) < 4.78 is 47.4. The first-order valence-electron chi connectivity index (χ1n) is 7.99. The number of rotatable bonds is 6. The third-order valence-electron chi connectivity index (χ3n) is 4.00. The Morgan fingerprint density at radius 1 is 1.00 bits per heavy atom. The average molecular weight is 396 g/mol. The van der Waals surface area contributed by atoms with Crippen molar-refractivity contribution in [3.05, 3.63) is 59.7 Å². The Morgan fingerprint density at radius 2 is 1.58 bits per heavy atom. The van der Waals surface area contributed by atoms with Gasteiger partial charge in [0, 0.05) is 6.26 Å². The molecule has 0 aromatic heterocycles. The lowest BCUT2D eigenvalue weighted by Gasteiger charge is -2.16. The highest BCUT2D eigenvalue weighted by Gasteiger charge is 2.21. The fraction of sp³-hybridized carbons (Fsp3) is 0.278. The van der Waals surface area contributed by atoms with Crippen molar-refractivity contribution in [2.24, 2.45) is 0 Å². The zero-order chi connectivity index (χ0) is 19.5. The van der Waals surface area contributed by atoms with Crippen LogP contribution in [-0.4, -0.2) is 34.8 Å². The van der Waals surface area contributed by atoms with Gasteiger partial charge in [0.15, 0.2) is 19.7 Å². The summed E-state index contributed by atoms with van der Waals surface area (Å²) in [5.74, 6) is -0.600. The fourth-order valence-electron chi connectivity index (χ4n) is 2.44. The van der Waals surface area contributed by atoms with Crippen LogP contribution in [0.3, 0.4) is 0 Å².